The summed E-state index contributed by atoms with van der Waals surface area (Å²) in [6, 6.07) is 8.51. The van der Waals surface area contributed by atoms with Gasteiger partial charge in [0.25, 0.3) is 0 Å². The SMILES string of the molecule is COc1ccc(Oc2c(Cl)cc(NC(=O)CN3CC[C@@H](NS(=O)(=O)C4CC4)C3)cc2Cl)cc1C(C)C. The lowest BCUT2D eigenvalue weighted by molar-refractivity contribution is -0.117. The molecule has 1 saturated heterocycles. The summed E-state index contributed by atoms with van der Waals surface area (Å²) in [5, 5.41) is 3.08. The highest BCUT2D eigenvalue weighted by Crippen LogP contribution is 2.40. The van der Waals surface area contributed by atoms with E-state index in [0.717, 1.165) is 24.2 Å². The zero-order valence-corrected chi connectivity index (χ0v) is 22.8. The van der Waals surface area contributed by atoms with E-state index in [1.807, 2.05) is 17.0 Å². The third-order valence-electron chi connectivity index (χ3n) is 6.26. The molecule has 0 aromatic heterocycles. The van der Waals surface area contributed by atoms with Crippen molar-refractivity contribution >= 4 is 44.8 Å². The van der Waals surface area contributed by atoms with Crippen molar-refractivity contribution in [2.75, 3.05) is 32.1 Å². The van der Waals surface area contributed by atoms with Crippen LogP contribution in [0.1, 0.15) is 44.6 Å². The number of nitrogens with one attached hydrogen (secondary N) is 2. The molecule has 196 valence electrons. The fourth-order valence-electron chi connectivity index (χ4n) is 4.26. The molecule has 0 bridgehead atoms. The van der Waals surface area contributed by atoms with E-state index < -0.39 is 10.0 Å². The summed E-state index contributed by atoms with van der Waals surface area (Å²) in [6.07, 6.45) is 2.12. The molecule has 2 aromatic rings. The number of hydrogen-bond acceptors (Lipinski definition) is 6. The first-order chi connectivity index (χ1) is 17.1. The highest BCUT2D eigenvalue weighted by atomic mass is 35.5. The van der Waals surface area contributed by atoms with Crippen molar-refractivity contribution in [3.8, 4) is 17.2 Å². The van der Waals surface area contributed by atoms with Crippen LogP contribution in [0.15, 0.2) is 30.3 Å². The Morgan fingerprint density at radius 1 is 1.14 bits per heavy atom. The Hall–Kier alpha value is -2.04. The molecular weight excluding hydrogens is 525 g/mol. The number of hydrogen-bond donors (Lipinski definition) is 2. The molecular formula is C25H31Cl2N3O5S. The summed E-state index contributed by atoms with van der Waals surface area (Å²) in [7, 11) is -1.62. The maximum absolute atomic E-state index is 12.6. The van der Waals surface area contributed by atoms with Gasteiger partial charge in [-0.15, -0.1) is 0 Å². The molecule has 4 rings (SSSR count). The number of carbonyl (C=O) groups excluding carboxylic acids is 1. The molecule has 8 nitrogen and oxygen atoms in total. The molecule has 11 heteroatoms. The second-order valence-corrected chi connectivity index (χ2v) is 12.4. The van der Waals surface area contributed by atoms with Crippen LogP contribution in [0.3, 0.4) is 0 Å². The minimum Gasteiger partial charge on any atom is -0.496 e. The number of amides is 1. The van der Waals surface area contributed by atoms with Crippen molar-refractivity contribution in [1.29, 1.82) is 0 Å². The molecule has 1 saturated carbocycles. The van der Waals surface area contributed by atoms with Gasteiger partial charge in [-0.3, -0.25) is 9.69 Å². The Bertz CT molecular complexity index is 1210. The second kappa shape index (κ2) is 11.1. The molecule has 1 aliphatic heterocycles. The third-order valence-corrected chi connectivity index (χ3v) is 8.83. The number of methoxy groups -OCH3 is 1. The molecule has 2 aliphatic rings. The molecule has 1 heterocycles. The van der Waals surface area contributed by atoms with E-state index in [9.17, 15) is 13.2 Å². The first-order valence-corrected chi connectivity index (χ1v) is 14.2. The first kappa shape index (κ1) is 27.0. The van der Waals surface area contributed by atoms with Crippen LogP contribution in [0, 0.1) is 0 Å². The summed E-state index contributed by atoms with van der Waals surface area (Å²) in [6.45, 7) is 5.40. The van der Waals surface area contributed by atoms with Gasteiger partial charge in [0.05, 0.1) is 28.9 Å². The topological polar surface area (TPSA) is 97.0 Å². The fourth-order valence-corrected chi connectivity index (χ4v) is 6.43. The van der Waals surface area contributed by atoms with Gasteiger partial charge in [-0.1, -0.05) is 37.0 Å². The molecule has 2 fully saturated rings. The number of anilines is 1. The van der Waals surface area contributed by atoms with Crippen molar-refractivity contribution in [2.24, 2.45) is 0 Å². The highest BCUT2D eigenvalue weighted by Gasteiger charge is 2.38. The van der Waals surface area contributed by atoms with Gasteiger partial charge in [0.2, 0.25) is 15.9 Å². The number of halogens is 2. The summed E-state index contributed by atoms with van der Waals surface area (Å²) in [5.74, 6) is 1.63. The quantitative estimate of drug-likeness (QED) is 0.427. The van der Waals surface area contributed by atoms with Crippen LogP contribution in [0.25, 0.3) is 0 Å². The number of sulfonamides is 1. The number of rotatable bonds is 10. The molecule has 1 atom stereocenters. The predicted molar refractivity (Wildman–Crippen MR) is 142 cm³/mol. The summed E-state index contributed by atoms with van der Waals surface area (Å²) < 4.78 is 38.5. The average Bonchev–Trinajstić information content (AvgIpc) is 3.59. The number of benzene rings is 2. The van der Waals surface area contributed by atoms with Crippen molar-refractivity contribution in [1.82, 2.24) is 9.62 Å². The van der Waals surface area contributed by atoms with E-state index in [-0.39, 0.29) is 39.7 Å². The maximum atomic E-state index is 12.6. The second-order valence-electron chi connectivity index (χ2n) is 9.56. The molecule has 1 aliphatic carbocycles. The maximum Gasteiger partial charge on any atom is 0.238 e. The van der Waals surface area contributed by atoms with Crippen molar-refractivity contribution in [3.05, 3.63) is 45.9 Å². The monoisotopic (exact) mass is 555 g/mol. The van der Waals surface area contributed by atoms with E-state index in [1.54, 1.807) is 25.3 Å². The number of likely N-dealkylation sites (tertiary alicyclic amines) is 1. The van der Waals surface area contributed by atoms with Crippen LogP contribution in [-0.2, 0) is 14.8 Å². The predicted octanol–water partition coefficient (Wildman–Crippen LogP) is 5.01. The summed E-state index contributed by atoms with van der Waals surface area (Å²) in [5.41, 5.74) is 1.45. The Balaban J connectivity index is 1.35. The molecule has 1 amide bonds. The smallest absolute Gasteiger partial charge is 0.238 e. The van der Waals surface area contributed by atoms with Crippen LogP contribution in [0.4, 0.5) is 5.69 Å². The molecule has 2 aromatic carbocycles. The Labute approximate surface area is 222 Å². The minimum atomic E-state index is -3.24. The molecule has 0 radical (unpaired) electrons. The van der Waals surface area contributed by atoms with E-state index in [4.69, 9.17) is 32.7 Å². The number of carbonyl (C=O) groups is 1. The van der Waals surface area contributed by atoms with Crippen LogP contribution in [0.2, 0.25) is 10.0 Å². The Morgan fingerprint density at radius 3 is 2.44 bits per heavy atom. The zero-order valence-electron chi connectivity index (χ0n) is 20.5. The standard InChI is InChI=1S/C25H31Cl2N3O5S/c1-15(2)20-12-18(4-7-23(20)34-3)35-25-21(26)10-17(11-22(25)27)28-24(31)14-30-9-8-16(13-30)29-36(32,33)19-5-6-19/h4,7,10-12,15-16,19,29H,5-6,8-9,13-14H2,1-3H3,(H,28,31)/t16-/m1/s1. The highest BCUT2D eigenvalue weighted by molar-refractivity contribution is 7.90. The fraction of sp³-hybridized carbons (Fsp3) is 0.480. The third kappa shape index (κ3) is 6.63. The summed E-state index contributed by atoms with van der Waals surface area (Å²) in [4.78, 5) is 14.5. The Morgan fingerprint density at radius 2 is 1.83 bits per heavy atom. The van der Waals surface area contributed by atoms with Gasteiger partial charge in [0.15, 0.2) is 5.75 Å². The zero-order chi connectivity index (χ0) is 26.0. The average molecular weight is 557 g/mol. The number of ether oxygens (including phenoxy) is 2. The van der Waals surface area contributed by atoms with Crippen LogP contribution >= 0.6 is 23.2 Å². The van der Waals surface area contributed by atoms with E-state index in [1.165, 1.54) is 0 Å². The normalized spacial score (nSPS) is 18.4. The van der Waals surface area contributed by atoms with Gasteiger partial charge in [-0.05, 0) is 55.5 Å². The van der Waals surface area contributed by atoms with Gasteiger partial charge < -0.3 is 14.8 Å². The lowest BCUT2D eigenvalue weighted by Crippen LogP contribution is -2.40. The van der Waals surface area contributed by atoms with Crippen molar-refractivity contribution in [2.45, 2.75) is 50.3 Å². The Kier molecular flexibility index (Phi) is 8.36. The van der Waals surface area contributed by atoms with Crippen LogP contribution in [-0.4, -0.2) is 57.3 Å². The van der Waals surface area contributed by atoms with Crippen molar-refractivity contribution < 1.29 is 22.7 Å². The van der Waals surface area contributed by atoms with E-state index >= 15 is 0 Å². The van der Waals surface area contributed by atoms with Crippen LogP contribution in [0.5, 0.6) is 17.2 Å². The minimum absolute atomic E-state index is 0.138. The van der Waals surface area contributed by atoms with Gasteiger partial charge in [0.1, 0.15) is 11.5 Å². The number of nitrogens with zero attached hydrogens (tertiary/aromatic N) is 1. The summed E-state index contributed by atoms with van der Waals surface area (Å²) >= 11 is 12.9. The van der Waals surface area contributed by atoms with Gasteiger partial charge in [-0.2, -0.15) is 0 Å². The van der Waals surface area contributed by atoms with Gasteiger partial charge in [0, 0.05) is 30.4 Å². The first-order valence-electron chi connectivity index (χ1n) is 11.9. The molecule has 0 unspecified atom stereocenters. The lowest BCUT2D eigenvalue weighted by Gasteiger charge is -2.17. The molecule has 2 N–H and O–H groups in total. The largest absolute Gasteiger partial charge is 0.496 e. The lowest BCUT2D eigenvalue weighted by atomic mass is 10.0. The molecule has 0 spiro atoms. The van der Waals surface area contributed by atoms with E-state index in [0.29, 0.717) is 36.7 Å². The van der Waals surface area contributed by atoms with Crippen molar-refractivity contribution in [3.63, 3.8) is 0 Å². The van der Waals surface area contributed by atoms with Crippen LogP contribution < -0.4 is 19.5 Å². The molecule has 36 heavy (non-hydrogen) atoms. The van der Waals surface area contributed by atoms with Gasteiger partial charge >= 0.3 is 0 Å². The van der Waals surface area contributed by atoms with Gasteiger partial charge in [-0.25, -0.2) is 13.1 Å². The van der Waals surface area contributed by atoms with E-state index in [2.05, 4.69) is 23.9 Å².